The second-order valence-corrected chi connectivity index (χ2v) is 8.04. The highest BCUT2D eigenvalue weighted by atomic mass is 35.5. The van der Waals surface area contributed by atoms with Gasteiger partial charge in [-0.05, 0) is 55.4 Å². The molecule has 0 spiro atoms. The predicted octanol–water partition coefficient (Wildman–Crippen LogP) is 5.27. The first-order valence-corrected chi connectivity index (χ1v) is 10.6. The maximum atomic E-state index is 13.3. The fourth-order valence-corrected chi connectivity index (χ4v) is 4.45. The fourth-order valence-electron chi connectivity index (χ4n) is 3.76. The molecule has 0 saturated carbocycles. The Labute approximate surface area is 188 Å². The van der Waals surface area contributed by atoms with Crippen molar-refractivity contribution in [2.75, 3.05) is 26.2 Å². The number of halogens is 2. The molecule has 1 aromatic carbocycles. The van der Waals surface area contributed by atoms with Crippen LogP contribution >= 0.6 is 36.2 Å². The first kappa shape index (κ1) is 23.6. The van der Waals surface area contributed by atoms with Crippen molar-refractivity contribution in [3.63, 3.8) is 0 Å². The minimum atomic E-state index is 0. The monoisotopic (exact) mass is 451 g/mol. The molecule has 0 radical (unpaired) electrons. The van der Waals surface area contributed by atoms with Gasteiger partial charge in [0.1, 0.15) is 0 Å². The lowest BCUT2D eigenvalue weighted by Gasteiger charge is -2.32. The molecule has 3 heterocycles. The number of nitrogens with one attached hydrogen (secondary N) is 1. The van der Waals surface area contributed by atoms with Crippen LogP contribution in [0.5, 0.6) is 0 Å². The van der Waals surface area contributed by atoms with Crippen molar-refractivity contribution in [2.45, 2.75) is 19.8 Å². The van der Waals surface area contributed by atoms with E-state index in [1.807, 2.05) is 46.7 Å². The summed E-state index contributed by atoms with van der Waals surface area (Å²) in [6.07, 6.45) is 2.14. The molecule has 1 amide bonds. The molecule has 4 rings (SSSR count). The Bertz CT molecular complexity index is 925. The molecule has 156 valence electrons. The predicted molar refractivity (Wildman–Crippen MR) is 127 cm³/mol. The van der Waals surface area contributed by atoms with E-state index < -0.39 is 0 Å². The van der Waals surface area contributed by atoms with Crippen LogP contribution < -0.4 is 5.32 Å². The van der Waals surface area contributed by atoms with E-state index in [1.165, 1.54) is 0 Å². The summed E-state index contributed by atoms with van der Waals surface area (Å²) in [4.78, 5) is 21.2. The van der Waals surface area contributed by atoms with Crippen LogP contribution in [0.3, 0.4) is 0 Å². The quantitative estimate of drug-likeness (QED) is 0.574. The van der Waals surface area contributed by atoms with Gasteiger partial charge in [-0.25, -0.2) is 4.98 Å². The highest BCUT2D eigenvalue weighted by Crippen LogP contribution is 2.29. The van der Waals surface area contributed by atoms with Crippen molar-refractivity contribution >= 4 is 53.0 Å². The SMILES string of the molecule is CCNCC1CCN(C(=O)c2cc(-c3cccs3)nc3ccccc23)CC1.Cl.Cl. The van der Waals surface area contributed by atoms with E-state index in [0.29, 0.717) is 5.92 Å². The zero-order valence-corrected chi connectivity index (χ0v) is 18.9. The normalized spacial score (nSPS) is 14.3. The molecule has 1 N–H and O–H groups in total. The fraction of sp³-hybridized carbons (Fsp3) is 0.364. The number of benzene rings is 1. The number of piperidine rings is 1. The minimum Gasteiger partial charge on any atom is -0.339 e. The summed E-state index contributed by atoms with van der Waals surface area (Å²) >= 11 is 1.65. The summed E-state index contributed by atoms with van der Waals surface area (Å²) in [5.41, 5.74) is 2.54. The molecular formula is C22H27Cl2N3OS. The molecule has 0 aliphatic carbocycles. The molecule has 0 bridgehead atoms. The lowest BCUT2D eigenvalue weighted by atomic mass is 9.95. The van der Waals surface area contributed by atoms with Crippen molar-refractivity contribution in [2.24, 2.45) is 5.92 Å². The third-order valence-corrected chi connectivity index (χ3v) is 6.20. The summed E-state index contributed by atoms with van der Waals surface area (Å²) < 4.78 is 0. The maximum absolute atomic E-state index is 13.3. The Balaban J connectivity index is 0.00000150. The molecule has 4 nitrogen and oxygen atoms in total. The number of rotatable bonds is 5. The van der Waals surface area contributed by atoms with Gasteiger partial charge in [-0.2, -0.15) is 0 Å². The van der Waals surface area contributed by atoms with Gasteiger partial charge in [0.15, 0.2) is 0 Å². The lowest BCUT2D eigenvalue weighted by Crippen LogP contribution is -2.40. The zero-order chi connectivity index (χ0) is 18.6. The maximum Gasteiger partial charge on any atom is 0.254 e. The molecule has 1 aliphatic heterocycles. The molecule has 29 heavy (non-hydrogen) atoms. The van der Waals surface area contributed by atoms with Crippen LogP contribution in [0.4, 0.5) is 0 Å². The Hall–Kier alpha value is -1.66. The third-order valence-electron chi connectivity index (χ3n) is 5.30. The van der Waals surface area contributed by atoms with E-state index >= 15 is 0 Å². The van der Waals surface area contributed by atoms with E-state index in [2.05, 4.69) is 18.3 Å². The van der Waals surface area contributed by atoms with Crippen LogP contribution in [-0.4, -0.2) is 42.0 Å². The molecule has 1 saturated heterocycles. The number of pyridine rings is 1. The second-order valence-electron chi connectivity index (χ2n) is 7.09. The van der Waals surface area contributed by atoms with Crippen molar-refractivity contribution < 1.29 is 4.79 Å². The number of hydrogen-bond acceptors (Lipinski definition) is 4. The number of carbonyl (C=O) groups is 1. The second kappa shape index (κ2) is 10.9. The summed E-state index contributed by atoms with van der Waals surface area (Å²) in [6, 6.07) is 14.0. The number of nitrogens with zero attached hydrogens (tertiary/aromatic N) is 2. The number of hydrogen-bond donors (Lipinski definition) is 1. The number of fused-ring (bicyclic) bond motifs is 1. The summed E-state index contributed by atoms with van der Waals surface area (Å²) in [5.74, 6) is 0.804. The number of carbonyl (C=O) groups excluding carboxylic acids is 1. The number of aromatic nitrogens is 1. The summed E-state index contributed by atoms with van der Waals surface area (Å²) in [7, 11) is 0. The van der Waals surface area contributed by atoms with Crippen molar-refractivity contribution in [1.29, 1.82) is 0 Å². The molecular weight excluding hydrogens is 425 g/mol. The lowest BCUT2D eigenvalue weighted by molar-refractivity contribution is 0.0692. The molecule has 7 heteroatoms. The molecule has 0 unspecified atom stereocenters. The Kier molecular flexibility index (Phi) is 8.90. The molecule has 0 atom stereocenters. The van der Waals surface area contributed by atoms with Gasteiger partial charge in [-0.15, -0.1) is 36.2 Å². The van der Waals surface area contributed by atoms with Crippen LogP contribution in [0.2, 0.25) is 0 Å². The largest absolute Gasteiger partial charge is 0.339 e. The summed E-state index contributed by atoms with van der Waals surface area (Å²) in [5, 5.41) is 6.42. The summed E-state index contributed by atoms with van der Waals surface area (Å²) in [6.45, 7) is 5.87. The van der Waals surface area contributed by atoms with Crippen molar-refractivity contribution in [3.8, 4) is 10.6 Å². The number of likely N-dealkylation sites (tertiary alicyclic amines) is 1. The van der Waals surface area contributed by atoms with Gasteiger partial charge in [-0.3, -0.25) is 4.79 Å². The van der Waals surface area contributed by atoms with E-state index in [0.717, 1.165) is 66.1 Å². The van der Waals surface area contributed by atoms with E-state index in [1.54, 1.807) is 11.3 Å². The topological polar surface area (TPSA) is 45.2 Å². The number of thiophene rings is 1. The molecule has 1 fully saturated rings. The number of para-hydroxylation sites is 1. The van der Waals surface area contributed by atoms with Crippen molar-refractivity contribution in [3.05, 3.63) is 53.4 Å². The van der Waals surface area contributed by atoms with E-state index in [-0.39, 0.29) is 30.7 Å². The van der Waals surface area contributed by atoms with Crippen molar-refractivity contribution in [1.82, 2.24) is 15.2 Å². The number of amides is 1. The Morgan fingerprint density at radius 1 is 1.17 bits per heavy atom. The average molecular weight is 452 g/mol. The van der Waals surface area contributed by atoms with Crippen LogP contribution in [0.1, 0.15) is 30.1 Å². The van der Waals surface area contributed by atoms with Crippen LogP contribution in [0, 0.1) is 5.92 Å². The molecule has 2 aromatic heterocycles. The minimum absolute atomic E-state index is 0. The molecule has 1 aliphatic rings. The highest BCUT2D eigenvalue weighted by Gasteiger charge is 2.25. The highest BCUT2D eigenvalue weighted by molar-refractivity contribution is 7.13. The Morgan fingerprint density at radius 2 is 1.93 bits per heavy atom. The first-order valence-electron chi connectivity index (χ1n) is 9.70. The van der Waals surface area contributed by atoms with Crippen LogP contribution in [0.15, 0.2) is 47.8 Å². The zero-order valence-electron chi connectivity index (χ0n) is 16.5. The Morgan fingerprint density at radius 3 is 2.62 bits per heavy atom. The standard InChI is InChI=1S/C22H25N3OS.2ClH/c1-2-23-15-16-9-11-25(12-10-16)22(26)18-14-20(21-8-5-13-27-21)24-19-7-4-3-6-17(18)19;;/h3-8,13-14,16,23H,2,9-12,15H2,1H3;2*1H. The van der Waals surface area contributed by atoms with Gasteiger partial charge in [0, 0.05) is 18.5 Å². The molecule has 3 aromatic rings. The van der Waals surface area contributed by atoms with Gasteiger partial charge in [0.05, 0.1) is 21.7 Å². The van der Waals surface area contributed by atoms with E-state index in [4.69, 9.17) is 4.98 Å². The van der Waals surface area contributed by atoms with Gasteiger partial charge in [0.2, 0.25) is 0 Å². The van der Waals surface area contributed by atoms with Gasteiger partial charge < -0.3 is 10.2 Å². The third kappa shape index (κ3) is 5.28. The van der Waals surface area contributed by atoms with Crippen LogP contribution in [0.25, 0.3) is 21.5 Å². The van der Waals surface area contributed by atoms with Gasteiger partial charge >= 0.3 is 0 Å². The van der Waals surface area contributed by atoms with Gasteiger partial charge in [0.25, 0.3) is 5.91 Å². The first-order chi connectivity index (χ1) is 13.3. The average Bonchev–Trinajstić information content (AvgIpc) is 3.26. The van der Waals surface area contributed by atoms with Gasteiger partial charge in [-0.1, -0.05) is 31.2 Å². The van der Waals surface area contributed by atoms with E-state index in [9.17, 15) is 4.79 Å². The smallest absolute Gasteiger partial charge is 0.254 e. The van der Waals surface area contributed by atoms with Crippen LogP contribution in [-0.2, 0) is 0 Å².